The number of nitrogens with one attached hydrogen (secondary N) is 1. The van der Waals surface area contributed by atoms with Crippen LogP contribution in [-0.4, -0.2) is 32.0 Å². The average Bonchev–Trinajstić information content (AvgIpc) is 2.50. The number of alkyl halides is 3. The van der Waals surface area contributed by atoms with E-state index in [1.54, 1.807) is 0 Å². The summed E-state index contributed by atoms with van der Waals surface area (Å²) in [5, 5.41) is 3.41. The molecule has 2 nitrogen and oxygen atoms in total. The largest absolute Gasteiger partial charge is 0.411 e. The van der Waals surface area contributed by atoms with Crippen LogP contribution < -0.4 is 5.32 Å². The van der Waals surface area contributed by atoms with Crippen molar-refractivity contribution in [3.8, 4) is 0 Å². The van der Waals surface area contributed by atoms with Crippen molar-refractivity contribution >= 4 is 0 Å². The lowest BCUT2D eigenvalue weighted by Crippen LogP contribution is -2.38. The van der Waals surface area contributed by atoms with Gasteiger partial charge >= 0.3 is 6.18 Å². The van der Waals surface area contributed by atoms with E-state index < -0.39 is 12.8 Å². The minimum atomic E-state index is -4.21. The molecule has 0 saturated heterocycles. The van der Waals surface area contributed by atoms with Crippen molar-refractivity contribution in [2.24, 2.45) is 5.41 Å². The molecule has 0 spiro atoms. The molecule has 1 unspecified atom stereocenters. The molecule has 5 heteroatoms. The maximum absolute atomic E-state index is 11.8. The van der Waals surface area contributed by atoms with Gasteiger partial charge in [-0.2, -0.15) is 13.2 Å². The lowest BCUT2D eigenvalue weighted by molar-refractivity contribution is -0.173. The van der Waals surface area contributed by atoms with Crippen molar-refractivity contribution in [2.75, 3.05) is 19.8 Å². The van der Waals surface area contributed by atoms with Gasteiger partial charge < -0.3 is 10.1 Å². The Morgan fingerprint density at radius 3 is 2.59 bits per heavy atom. The van der Waals surface area contributed by atoms with Crippen LogP contribution in [0.4, 0.5) is 13.2 Å². The number of hydrogen-bond acceptors (Lipinski definition) is 2. The van der Waals surface area contributed by atoms with Crippen LogP contribution in [0.2, 0.25) is 0 Å². The van der Waals surface area contributed by atoms with Gasteiger partial charge in [0.05, 0.1) is 0 Å². The maximum atomic E-state index is 11.8. The van der Waals surface area contributed by atoms with Crippen LogP contribution in [0.25, 0.3) is 0 Å². The Bertz CT molecular complexity index is 228. The van der Waals surface area contributed by atoms with Gasteiger partial charge in [0.25, 0.3) is 0 Å². The van der Waals surface area contributed by atoms with Crippen molar-refractivity contribution in [1.82, 2.24) is 5.32 Å². The number of halogens is 3. The number of hydrogen-bond donors (Lipinski definition) is 1. The second kappa shape index (κ2) is 6.05. The van der Waals surface area contributed by atoms with Gasteiger partial charge in [-0.15, -0.1) is 0 Å². The first-order valence-corrected chi connectivity index (χ1v) is 6.19. The van der Waals surface area contributed by atoms with Crippen molar-refractivity contribution in [3.05, 3.63) is 0 Å². The summed E-state index contributed by atoms with van der Waals surface area (Å²) in [5.41, 5.74) is 0.312. The molecule has 17 heavy (non-hydrogen) atoms. The van der Waals surface area contributed by atoms with Crippen LogP contribution in [0.1, 0.15) is 39.5 Å². The molecule has 1 saturated carbocycles. The van der Waals surface area contributed by atoms with Crippen LogP contribution in [0, 0.1) is 5.41 Å². The van der Waals surface area contributed by atoms with Gasteiger partial charge in [0, 0.05) is 12.6 Å². The summed E-state index contributed by atoms with van der Waals surface area (Å²) in [6.07, 6.45) is 0.0322. The fourth-order valence-corrected chi connectivity index (χ4v) is 2.34. The Morgan fingerprint density at radius 1 is 1.35 bits per heavy atom. The van der Waals surface area contributed by atoms with Crippen LogP contribution in [0.5, 0.6) is 0 Å². The second-order valence-corrected chi connectivity index (χ2v) is 5.41. The third kappa shape index (κ3) is 5.73. The molecule has 1 aliphatic carbocycles. The molecule has 1 rings (SSSR count). The van der Waals surface area contributed by atoms with E-state index in [1.165, 1.54) is 12.8 Å². The first-order chi connectivity index (χ1) is 7.81. The SMILES string of the molecule is CC1(C)CCCC1NCCCOCC(F)(F)F. The van der Waals surface area contributed by atoms with Crippen LogP contribution in [0.15, 0.2) is 0 Å². The Kier molecular flexibility index (Phi) is 5.25. The van der Waals surface area contributed by atoms with Crippen LogP contribution >= 0.6 is 0 Å². The number of ether oxygens (including phenoxy) is 1. The highest BCUT2D eigenvalue weighted by atomic mass is 19.4. The summed E-state index contributed by atoms with van der Waals surface area (Å²) in [5.74, 6) is 0. The highest BCUT2D eigenvalue weighted by Crippen LogP contribution is 2.36. The first kappa shape index (κ1) is 14.8. The van der Waals surface area contributed by atoms with Gasteiger partial charge in [-0.3, -0.25) is 0 Å². The molecule has 1 N–H and O–H groups in total. The van der Waals surface area contributed by atoms with E-state index in [0.29, 0.717) is 17.9 Å². The molecule has 0 radical (unpaired) electrons. The maximum Gasteiger partial charge on any atom is 0.411 e. The van der Waals surface area contributed by atoms with Gasteiger partial charge in [-0.1, -0.05) is 20.3 Å². The van der Waals surface area contributed by atoms with E-state index in [-0.39, 0.29) is 6.61 Å². The molecular weight excluding hydrogens is 231 g/mol. The fraction of sp³-hybridized carbons (Fsp3) is 1.00. The Morgan fingerprint density at radius 2 is 2.06 bits per heavy atom. The summed E-state index contributed by atoms with van der Waals surface area (Å²) < 4.78 is 39.9. The first-order valence-electron chi connectivity index (χ1n) is 6.19. The molecule has 1 atom stereocenters. The lowest BCUT2D eigenvalue weighted by Gasteiger charge is -2.28. The summed E-state index contributed by atoms with van der Waals surface area (Å²) in [4.78, 5) is 0. The number of rotatable bonds is 6. The van der Waals surface area contributed by atoms with Crippen LogP contribution in [-0.2, 0) is 4.74 Å². The van der Waals surface area contributed by atoms with Gasteiger partial charge in [0.1, 0.15) is 6.61 Å². The molecule has 0 aliphatic heterocycles. The topological polar surface area (TPSA) is 21.3 Å². The Hall–Kier alpha value is -0.290. The molecule has 1 fully saturated rings. The third-order valence-electron chi connectivity index (χ3n) is 3.38. The molecule has 0 bridgehead atoms. The quantitative estimate of drug-likeness (QED) is 0.734. The zero-order valence-electron chi connectivity index (χ0n) is 10.6. The van der Waals surface area contributed by atoms with E-state index >= 15 is 0 Å². The van der Waals surface area contributed by atoms with Gasteiger partial charge in [0.15, 0.2) is 0 Å². The summed E-state index contributed by atoms with van der Waals surface area (Å²) in [7, 11) is 0. The second-order valence-electron chi connectivity index (χ2n) is 5.41. The molecule has 102 valence electrons. The van der Waals surface area contributed by atoms with Crippen molar-refractivity contribution in [1.29, 1.82) is 0 Å². The minimum absolute atomic E-state index is 0.166. The molecule has 0 aromatic heterocycles. The highest BCUT2D eigenvalue weighted by molar-refractivity contribution is 4.89. The van der Waals surface area contributed by atoms with E-state index in [0.717, 1.165) is 13.0 Å². The normalized spacial score (nSPS) is 24.2. The summed E-state index contributed by atoms with van der Waals surface area (Å²) in [6.45, 7) is 4.23. The standard InChI is InChI=1S/C12H22F3NO/c1-11(2)6-3-5-10(11)16-7-4-8-17-9-12(13,14)15/h10,16H,3-9H2,1-2H3. The molecular formula is C12H22F3NO. The van der Waals surface area contributed by atoms with E-state index in [4.69, 9.17) is 0 Å². The van der Waals surface area contributed by atoms with Crippen molar-refractivity contribution in [2.45, 2.75) is 51.7 Å². The molecule has 0 amide bonds. The Balaban J connectivity index is 2.01. The third-order valence-corrected chi connectivity index (χ3v) is 3.38. The van der Waals surface area contributed by atoms with Gasteiger partial charge in [0.2, 0.25) is 0 Å². The van der Waals surface area contributed by atoms with E-state index in [2.05, 4.69) is 23.9 Å². The minimum Gasteiger partial charge on any atom is -0.372 e. The lowest BCUT2D eigenvalue weighted by atomic mass is 9.87. The highest BCUT2D eigenvalue weighted by Gasteiger charge is 2.33. The van der Waals surface area contributed by atoms with E-state index in [9.17, 15) is 13.2 Å². The van der Waals surface area contributed by atoms with Gasteiger partial charge in [-0.25, -0.2) is 0 Å². The Labute approximate surface area is 101 Å². The van der Waals surface area contributed by atoms with Gasteiger partial charge in [-0.05, 0) is 31.2 Å². The monoisotopic (exact) mass is 253 g/mol. The zero-order chi connectivity index (χ0) is 12.9. The van der Waals surface area contributed by atoms with Crippen molar-refractivity contribution < 1.29 is 17.9 Å². The molecule has 0 aromatic rings. The predicted octanol–water partition coefficient (Wildman–Crippen LogP) is 3.12. The molecule has 0 aromatic carbocycles. The average molecular weight is 253 g/mol. The fourth-order valence-electron chi connectivity index (χ4n) is 2.34. The molecule has 1 aliphatic rings. The predicted molar refractivity (Wildman–Crippen MR) is 60.9 cm³/mol. The smallest absolute Gasteiger partial charge is 0.372 e. The summed E-state index contributed by atoms with van der Waals surface area (Å²) >= 11 is 0. The summed E-state index contributed by atoms with van der Waals surface area (Å²) in [6, 6.07) is 0.491. The van der Waals surface area contributed by atoms with Crippen LogP contribution in [0.3, 0.4) is 0 Å². The van der Waals surface area contributed by atoms with Crippen molar-refractivity contribution in [3.63, 3.8) is 0 Å². The molecule has 0 heterocycles. The zero-order valence-corrected chi connectivity index (χ0v) is 10.6. The van der Waals surface area contributed by atoms with E-state index in [1.807, 2.05) is 0 Å².